The molecule has 1 aliphatic rings. The second-order valence-electron chi connectivity index (χ2n) is 7.06. The minimum Gasteiger partial charge on any atom is -0.367 e. The SMILES string of the molecule is CS(=O)(=O)C1CC(S(=O)(=O)c2cccc(CN)c2)CN(c2ccccc2F)C1. The van der Waals surface area contributed by atoms with Crippen LogP contribution in [0.1, 0.15) is 12.0 Å². The summed E-state index contributed by atoms with van der Waals surface area (Å²) in [6, 6.07) is 12.3. The second kappa shape index (κ2) is 7.81. The number of nitrogens with zero attached hydrogens (tertiary/aromatic N) is 1. The van der Waals surface area contributed by atoms with Gasteiger partial charge in [0, 0.05) is 25.9 Å². The highest BCUT2D eigenvalue weighted by atomic mass is 32.2. The Hall–Kier alpha value is -1.97. The van der Waals surface area contributed by atoms with Crippen molar-refractivity contribution >= 4 is 25.4 Å². The van der Waals surface area contributed by atoms with Crippen LogP contribution in [0.15, 0.2) is 53.4 Å². The van der Waals surface area contributed by atoms with Crippen molar-refractivity contribution in [3.63, 3.8) is 0 Å². The van der Waals surface area contributed by atoms with E-state index in [0.717, 1.165) is 6.26 Å². The zero-order chi connectivity index (χ0) is 20.5. The second-order valence-corrected chi connectivity index (χ2v) is 11.6. The number of benzene rings is 2. The lowest BCUT2D eigenvalue weighted by atomic mass is 10.1. The number of hydrogen-bond donors (Lipinski definition) is 1. The van der Waals surface area contributed by atoms with E-state index in [1.807, 2.05) is 0 Å². The van der Waals surface area contributed by atoms with Crippen LogP contribution in [0.4, 0.5) is 10.1 Å². The van der Waals surface area contributed by atoms with Gasteiger partial charge in [0.2, 0.25) is 0 Å². The standard InChI is InChI=1S/C19H23FN2O4S2/c1-27(23,24)16-10-17(13-22(12-16)19-8-3-2-7-18(19)20)28(25,26)15-6-4-5-14(9-15)11-21/h2-9,16-17H,10-13,21H2,1H3. The van der Waals surface area contributed by atoms with Crippen LogP contribution in [0.3, 0.4) is 0 Å². The zero-order valence-corrected chi connectivity index (χ0v) is 17.1. The maximum atomic E-state index is 14.3. The van der Waals surface area contributed by atoms with Crippen molar-refractivity contribution in [2.24, 2.45) is 5.73 Å². The van der Waals surface area contributed by atoms with Crippen LogP contribution in [0, 0.1) is 5.82 Å². The van der Waals surface area contributed by atoms with Gasteiger partial charge in [-0.1, -0.05) is 24.3 Å². The number of piperidine rings is 1. The van der Waals surface area contributed by atoms with Gasteiger partial charge in [-0.15, -0.1) is 0 Å². The molecular weight excluding hydrogens is 403 g/mol. The van der Waals surface area contributed by atoms with Crippen LogP contribution in [0.5, 0.6) is 0 Å². The minimum atomic E-state index is -3.83. The van der Waals surface area contributed by atoms with Crippen molar-refractivity contribution in [1.29, 1.82) is 0 Å². The lowest BCUT2D eigenvalue weighted by Crippen LogP contribution is -2.51. The first-order chi connectivity index (χ1) is 13.1. The number of nitrogens with two attached hydrogens (primary N) is 1. The fraction of sp³-hybridized carbons (Fsp3) is 0.368. The van der Waals surface area contributed by atoms with Crippen molar-refractivity contribution in [1.82, 2.24) is 0 Å². The Morgan fingerprint density at radius 2 is 1.71 bits per heavy atom. The molecule has 1 fully saturated rings. The highest BCUT2D eigenvalue weighted by Crippen LogP contribution is 2.31. The van der Waals surface area contributed by atoms with Gasteiger partial charge in [-0.05, 0) is 36.2 Å². The first-order valence-corrected chi connectivity index (χ1v) is 12.3. The molecule has 3 rings (SSSR count). The number of halogens is 1. The third-order valence-electron chi connectivity index (χ3n) is 5.07. The molecule has 0 spiro atoms. The van der Waals surface area contributed by atoms with E-state index in [0.29, 0.717) is 5.56 Å². The molecule has 0 aliphatic carbocycles. The fourth-order valence-electron chi connectivity index (χ4n) is 3.49. The number of anilines is 1. The summed E-state index contributed by atoms with van der Waals surface area (Å²) in [5.74, 6) is -0.516. The van der Waals surface area contributed by atoms with Crippen molar-refractivity contribution < 1.29 is 21.2 Å². The number of hydrogen-bond acceptors (Lipinski definition) is 6. The monoisotopic (exact) mass is 426 g/mol. The summed E-state index contributed by atoms with van der Waals surface area (Å²) in [5.41, 5.74) is 6.48. The Morgan fingerprint density at radius 1 is 1.04 bits per heavy atom. The summed E-state index contributed by atoms with van der Waals surface area (Å²) in [6.45, 7) is 0.262. The van der Waals surface area contributed by atoms with Gasteiger partial charge in [0.15, 0.2) is 19.7 Å². The molecule has 1 saturated heterocycles. The molecule has 2 unspecified atom stereocenters. The molecule has 0 radical (unpaired) electrons. The molecule has 0 aromatic heterocycles. The number of sulfone groups is 2. The first-order valence-electron chi connectivity index (χ1n) is 8.84. The summed E-state index contributed by atoms with van der Waals surface area (Å²) in [7, 11) is -7.34. The van der Waals surface area contributed by atoms with Crippen molar-refractivity contribution in [2.45, 2.75) is 28.4 Å². The van der Waals surface area contributed by atoms with Gasteiger partial charge in [0.1, 0.15) is 5.82 Å². The molecule has 2 N–H and O–H groups in total. The lowest BCUT2D eigenvalue weighted by Gasteiger charge is -2.38. The third-order valence-corrected chi connectivity index (χ3v) is 8.76. The Kier molecular flexibility index (Phi) is 5.79. The quantitative estimate of drug-likeness (QED) is 0.782. The average molecular weight is 427 g/mol. The summed E-state index contributed by atoms with van der Waals surface area (Å²) in [5, 5.41) is -1.88. The highest BCUT2D eigenvalue weighted by molar-refractivity contribution is 7.92. The van der Waals surface area contributed by atoms with Crippen LogP contribution in [0.25, 0.3) is 0 Å². The van der Waals surface area contributed by atoms with Gasteiger partial charge in [0.05, 0.1) is 21.1 Å². The molecule has 152 valence electrons. The molecule has 2 aromatic carbocycles. The van der Waals surface area contributed by atoms with Gasteiger partial charge in [0.25, 0.3) is 0 Å². The van der Waals surface area contributed by atoms with E-state index < -0.39 is 36.0 Å². The normalized spacial score (nSPS) is 20.9. The smallest absolute Gasteiger partial charge is 0.183 e. The molecule has 0 amide bonds. The third kappa shape index (κ3) is 4.21. The van der Waals surface area contributed by atoms with Crippen molar-refractivity contribution in [3.05, 3.63) is 59.9 Å². The number of rotatable bonds is 5. The lowest BCUT2D eigenvalue weighted by molar-refractivity contribution is 0.510. The fourth-order valence-corrected chi connectivity index (χ4v) is 6.48. The van der Waals surface area contributed by atoms with E-state index in [2.05, 4.69) is 0 Å². The summed E-state index contributed by atoms with van der Waals surface area (Å²) >= 11 is 0. The molecule has 2 atom stereocenters. The maximum absolute atomic E-state index is 14.3. The molecule has 28 heavy (non-hydrogen) atoms. The zero-order valence-electron chi connectivity index (χ0n) is 15.5. The Morgan fingerprint density at radius 3 is 2.36 bits per heavy atom. The van der Waals surface area contributed by atoms with Crippen molar-refractivity contribution in [3.8, 4) is 0 Å². The van der Waals surface area contributed by atoms with Crippen LogP contribution < -0.4 is 10.6 Å². The molecule has 0 bridgehead atoms. The number of para-hydroxylation sites is 1. The molecule has 6 nitrogen and oxygen atoms in total. The predicted molar refractivity (Wildman–Crippen MR) is 107 cm³/mol. The first kappa shape index (κ1) is 20.8. The minimum absolute atomic E-state index is 0.0160. The van der Waals surface area contributed by atoms with Crippen LogP contribution >= 0.6 is 0 Å². The molecule has 2 aromatic rings. The van der Waals surface area contributed by atoms with E-state index in [4.69, 9.17) is 5.73 Å². The molecule has 0 saturated carbocycles. The van der Waals surface area contributed by atoms with Crippen molar-refractivity contribution in [2.75, 3.05) is 24.2 Å². The summed E-state index contributed by atoms with van der Waals surface area (Å²) < 4.78 is 65.2. The highest BCUT2D eigenvalue weighted by Gasteiger charge is 2.40. The Labute approximate surface area is 165 Å². The van der Waals surface area contributed by atoms with Crippen LogP contribution in [0.2, 0.25) is 0 Å². The van der Waals surface area contributed by atoms with Gasteiger partial charge in [-0.25, -0.2) is 21.2 Å². The van der Waals surface area contributed by atoms with E-state index in [9.17, 15) is 21.2 Å². The van der Waals surface area contributed by atoms with Gasteiger partial charge < -0.3 is 10.6 Å². The van der Waals surface area contributed by atoms with E-state index in [1.165, 1.54) is 35.2 Å². The Bertz CT molecular complexity index is 1070. The average Bonchev–Trinajstić information content (AvgIpc) is 2.67. The van der Waals surface area contributed by atoms with Gasteiger partial charge in [-0.3, -0.25) is 0 Å². The van der Waals surface area contributed by atoms with Crippen LogP contribution in [-0.4, -0.2) is 46.7 Å². The maximum Gasteiger partial charge on any atom is 0.183 e. The summed E-state index contributed by atoms with van der Waals surface area (Å²) in [4.78, 5) is 1.61. The van der Waals surface area contributed by atoms with E-state index in [-0.39, 0.29) is 36.6 Å². The van der Waals surface area contributed by atoms with Crippen LogP contribution in [-0.2, 0) is 26.2 Å². The van der Waals surface area contributed by atoms with E-state index in [1.54, 1.807) is 18.2 Å². The summed E-state index contributed by atoms with van der Waals surface area (Å²) in [6.07, 6.45) is 1.06. The molecule has 9 heteroatoms. The van der Waals surface area contributed by atoms with E-state index >= 15 is 0 Å². The molecule has 1 heterocycles. The molecular formula is C19H23FN2O4S2. The molecule has 1 aliphatic heterocycles. The largest absolute Gasteiger partial charge is 0.367 e. The predicted octanol–water partition coefficient (Wildman–Crippen LogP) is 1.75. The van der Waals surface area contributed by atoms with Gasteiger partial charge >= 0.3 is 0 Å². The van der Waals surface area contributed by atoms with Gasteiger partial charge in [-0.2, -0.15) is 0 Å². The topological polar surface area (TPSA) is 97.5 Å². The Balaban J connectivity index is 2.02.